The summed E-state index contributed by atoms with van der Waals surface area (Å²) in [5.41, 5.74) is 9.05. The minimum Gasteiger partial charge on any atom is -0.399 e. The van der Waals surface area contributed by atoms with Crippen molar-refractivity contribution in [1.29, 1.82) is 0 Å². The molecule has 2 N–H and O–H groups in total. The van der Waals surface area contributed by atoms with Crippen molar-refractivity contribution in [3.63, 3.8) is 0 Å². The Balaban J connectivity index is 2.08. The first kappa shape index (κ1) is 12.8. The van der Waals surface area contributed by atoms with Crippen molar-refractivity contribution in [3.05, 3.63) is 54.1 Å². The van der Waals surface area contributed by atoms with Crippen LogP contribution >= 0.6 is 11.8 Å². The highest BCUT2D eigenvalue weighted by atomic mass is 32.2. The van der Waals surface area contributed by atoms with Gasteiger partial charge in [0.05, 0.1) is 0 Å². The molecule has 18 heavy (non-hydrogen) atoms. The number of thioether (sulfide) groups is 1. The molecule has 0 fully saturated rings. The van der Waals surface area contributed by atoms with Crippen molar-refractivity contribution in [2.45, 2.75) is 11.4 Å². The normalized spacial score (nSPS) is 10.3. The smallest absolute Gasteiger partial charge is 0.0426 e. The largest absolute Gasteiger partial charge is 0.399 e. The highest BCUT2D eigenvalue weighted by Gasteiger charge is 2.02. The van der Waals surface area contributed by atoms with Gasteiger partial charge in [0, 0.05) is 29.9 Å². The van der Waals surface area contributed by atoms with Crippen LogP contribution in [0.15, 0.2) is 53.4 Å². The van der Waals surface area contributed by atoms with Crippen molar-refractivity contribution >= 4 is 23.1 Å². The third kappa shape index (κ3) is 3.20. The lowest BCUT2D eigenvalue weighted by molar-refractivity contribution is 0.922. The highest BCUT2D eigenvalue weighted by molar-refractivity contribution is 7.98. The summed E-state index contributed by atoms with van der Waals surface area (Å²) in [6.07, 6.45) is 2.09. The molecule has 0 aliphatic rings. The summed E-state index contributed by atoms with van der Waals surface area (Å²) in [4.78, 5) is 3.50. The maximum Gasteiger partial charge on any atom is 0.0426 e. The van der Waals surface area contributed by atoms with Gasteiger partial charge in [0.25, 0.3) is 0 Å². The lowest BCUT2D eigenvalue weighted by Gasteiger charge is -2.19. The Labute approximate surface area is 113 Å². The second kappa shape index (κ2) is 5.83. The van der Waals surface area contributed by atoms with Gasteiger partial charge in [-0.3, -0.25) is 0 Å². The summed E-state index contributed by atoms with van der Waals surface area (Å²) in [5, 5.41) is 0. The molecule has 0 atom stereocenters. The summed E-state index contributed by atoms with van der Waals surface area (Å²) in [7, 11) is 2.08. The Bertz CT molecular complexity index is 508. The van der Waals surface area contributed by atoms with Gasteiger partial charge >= 0.3 is 0 Å². The highest BCUT2D eigenvalue weighted by Crippen LogP contribution is 2.20. The Morgan fingerprint density at radius 1 is 1.11 bits per heavy atom. The van der Waals surface area contributed by atoms with Crippen molar-refractivity contribution in [2.24, 2.45) is 0 Å². The van der Waals surface area contributed by atoms with Crippen LogP contribution in [-0.4, -0.2) is 13.3 Å². The van der Waals surface area contributed by atoms with E-state index < -0.39 is 0 Å². The number of anilines is 2. The second-order valence-electron chi connectivity index (χ2n) is 4.30. The summed E-state index contributed by atoms with van der Waals surface area (Å²) < 4.78 is 0. The lowest BCUT2D eigenvalue weighted by Crippen LogP contribution is -2.16. The maximum absolute atomic E-state index is 5.80. The summed E-state index contributed by atoms with van der Waals surface area (Å²) in [6, 6.07) is 16.6. The Hall–Kier alpha value is -1.61. The molecule has 2 rings (SSSR count). The standard InChI is InChI=1S/C15H18N2S/c1-17(14-5-3-4-13(16)10-14)11-12-6-8-15(18-2)9-7-12/h3-10H,11,16H2,1-2H3. The molecule has 0 aliphatic carbocycles. The van der Waals surface area contributed by atoms with E-state index >= 15 is 0 Å². The van der Waals surface area contributed by atoms with Gasteiger partial charge in [0.1, 0.15) is 0 Å². The van der Waals surface area contributed by atoms with Crippen molar-refractivity contribution in [2.75, 3.05) is 23.9 Å². The number of nitrogens with zero attached hydrogens (tertiary/aromatic N) is 1. The molecule has 94 valence electrons. The fraction of sp³-hybridized carbons (Fsp3) is 0.200. The fourth-order valence-electron chi connectivity index (χ4n) is 1.86. The maximum atomic E-state index is 5.80. The molecule has 0 aliphatic heterocycles. The van der Waals surface area contributed by atoms with Gasteiger partial charge < -0.3 is 10.6 Å². The second-order valence-corrected chi connectivity index (χ2v) is 5.18. The van der Waals surface area contributed by atoms with E-state index in [1.165, 1.54) is 10.5 Å². The number of hydrogen-bond donors (Lipinski definition) is 1. The molecular formula is C15H18N2S. The summed E-state index contributed by atoms with van der Waals surface area (Å²) >= 11 is 1.76. The van der Waals surface area contributed by atoms with E-state index in [1.807, 2.05) is 18.2 Å². The molecule has 0 amide bonds. The molecule has 0 saturated carbocycles. The van der Waals surface area contributed by atoms with Crippen LogP contribution in [0.4, 0.5) is 11.4 Å². The van der Waals surface area contributed by atoms with Crippen LogP contribution in [0.2, 0.25) is 0 Å². The first-order valence-electron chi connectivity index (χ1n) is 5.88. The number of nitrogens with two attached hydrogens (primary N) is 1. The monoisotopic (exact) mass is 258 g/mol. The number of rotatable bonds is 4. The molecule has 0 bridgehead atoms. The van der Waals surface area contributed by atoms with Gasteiger partial charge in [0.2, 0.25) is 0 Å². The Morgan fingerprint density at radius 2 is 1.83 bits per heavy atom. The van der Waals surface area contributed by atoms with Gasteiger partial charge in [-0.25, -0.2) is 0 Å². The van der Waals surface area contributed by atoms with Gasteiger partial charge in [-0.05, 0) is 42.2 Å². The van der Waals surface area contributed by atoms with Gasteiger partial charge in [-0.15, -0.1) is 11.8 Å². The number of hydrogen-bond acceptors (Lipinski definition) is 3. The van der Waals surface area contributed by atoms with Crippen molar-refractivity contribution in [1.82, 2.24) is 0 Å². The van der Waals surface area contributed by atoms with Crippen LogP contribution in [-0.2, 0) is 6.54 Å². The number of nitrogen functional groups attached to an aromatic ring is 1. The van der Waals surface area contributed by atoms with E-state index in [2.05, 4.69) is 48.5 Å². The number of benzene rings is 2. The third-order valence-corrected chi connectivity index (χ3v) is 3.63. The molecule has 2 aromatic carbocycles. The van der Waals surface area contributed by atoms with E-state index in [-0.39, 0.29) is 0 Å². The van der Waals surface area contributed by atoms with Crippen LogP contribution in [0.3, 0.4) is 0 Å². The van der Waals surface area contributed by atoms with E-state index in [4.69, 9.17) is 5.73 Å². The molecule has 0 saturated heterocycles. The first-order valence-corrected chi connectivity index (χ1v) is 7.11. The fourth-order valence-corrected chi connectivity index (χ4v) is 2.27. The molecule has 0 spiro atoms. The van der Waals surface area contributed by atoms with Crippen LogP contribution < -0.4 is 10.6 Å². The average molecular weight is 258 g/mol. The zero-order chi connectivity index (χ0) is 13.0. The molecule has 3 heteroatoms. The van der Waals surface area contributed by atoms with E-state index in [9.17, 15) is 0 Å². The Morgan fingerprint density at radius 3 is 2.44 bits per heavy atom. The first-order chi connectivity index (χ1) is 8.69. The summed E-state index contributed by atoms with van der Waals surface area (Å²) in [6.45, 7) is 0.887. The van der Waals surface area contributed by atoms with Crippen molar-refractivity contribution < 1.29 is 0 Å². The van der Waals surface area contributed by atoms with Gasteiger partial charge in [-0.2, -0.15) is 0 Å². The molecule has 0 radical (unpaired) electrons. The average Bonchev–Trinajstić information content (AvgIpc) is 2.39. The molecule has 2 aromatic rings. The molecule has 2 nitrogen and oxygen atoms in total. The SMILES string of the molecule is CSc1ccc(CN(C)c2cccc(N)c2)cc1. The van der Waals surface area contributed by atoms with Crippen LogP contribution in [0, 0.1) is 0 Å². The quantitative estimate of drug-likeness (QED) is 0.671. The van der Waals surface area contributed by atoms with Crippen molar-refractivity contribution in [3.8, 4) is 0 Å². The third-order valence-electron chi connectivity index (χ3n) is 2.89. The predicted octanol–water partition coefficient (Wildman–Crippen LogP) is 3.63. The Kier molecular flexibility index (Phi) is 4.15. The van der Waals surface area contributed by atoms with Crippen LogP contribution in [0.1, 0.15) is 5.56 Å². The molecule has 0 aromatic heterocycles. The van der Waals surface area contributed by atoms with Crippen LogP contribution in [0.25, 0.3) is 0 Å². The van der Waals surface area contributed by atoms with E-state index in [0.29, 0.717) is 0 Å². The zero-order valence-corrected chi connectivity index (χ0v) is 11.6. The van der Waals surface area contributed by atoms with Gasteiger partial charge in [-0.1, -0.05) is 18.2 Å². The zero-order valence-electron chi connectivity index (χ0n) is 10.8. The molecule has 0 unspecified atom stereocenters. The van der Waals surface area contributed by atoms with Gasteiger partial charge in [0.15, 0.2) is 0 Å². The van der Waals surface area contributed by atoms with Crippen LogP contribution in [0.5, 0.6) is 0 Å². The van der Waals surface area contributed by atoms with E-state index in [0.717, 1.165) is 17.9 Å². The topological polar surface area (TPSA) is 29.3 Å². The predicted molar refractivity (Wildman–Crippen MR) is 81.2 cm³/mol. The minimum absolute atomic E-state index is 0.803. The van der Waals surface area contributed by atoms with E-state index in [1.54, 1.807) is 11.8 Å². The molecule has 0 heterocycles. The minimum atomic E-state index is 0.803. The summed E-state index contributed by atoms with van der Waals surface area (Å²) in [5.74, 6) is 0. The molecular weight excluding hydrogens is 240 g/mol. The lowest BCUT2D eigenvalue weighted by atomic mass is 10.2.